The van der Waals surface area contributed by atoms with E-state index < -0.39 is 18.0 Å². The molecule has 9 heteroatoms. The first-order valence-corrected chi connectivity index (χ1v) is 11.3. The van der Waals surface area contributed by atoms with Crippen molar-refractivity contribution in [2.24, 2.45) is 5.73 Å². The van der Waals surface area contributed by atoms with Gasteiger partial charge >= 0.3 is 6.03 Å². The lowest BCUT2D eigenvalue weighted by Gasteiger charge is -2.20. The summed E-state index contributed by atoms with van der Waals surface area (Å²) in [7, 11) is 0. The molecule has 3 aromatic carbocycles. The lowest BCUT2D eigenvalue weighted by molar-refractivity contribution is -0.133. The summed E-state index contributed by atoms with van der Waals surface area (Å²) in [5, 5.41) is 5.95. The summed E-state index contributed by atoms with van der Waals surface area (Å²) in [6, 6.07) is 17.5. The largest absolute Gasteiger partial charge is 0.333 e. The number of hydrogen-bond donors (Lipinski definition) is 3. The number of carbonyl (C=O) groups excluding carboxylic acids is 3. The van der Waals surface area contributed by atoms with Crippen LogP contribution in [0.25, 0.3) is 0 Å². The molecule has 0 saturated carbocycles. The van der Waals surface area contributed by atoms with Crippen molar-refractivity contribution in [3.05, 3.63) is 99.0 Å². The minimum Gasteiger partial charge on any atom is -0.333 e. The first-order valence-electron chi connectivity index (χ1n) is 10.6. The van der Waals surface area contributed by atoms with Crippen molar-refractivity contribution in [3.63, 3.8) is 0 Å². The predicted octanol–water partition coefficient (Wildman–Crippen LogP) is 4.37. The molecule has 1 atom stereocenters. The minimum absolute atomic E-state index is 0.192. The first-order chi connectivity index (χ1) is 16.3. The summed E-state index contributed by atoms with van der Waals surface area (Å²) in [5.74, 6) is -0.686. The van der Waals surface area contributed by atoms with Gasteiger partial charge in [-0.05, 0) is 59.5 Å². The Morgan fingerprint density at radius 1 is 0.941 bits per heavy atom. The number of nitrogens with one attached hydrogen (secondary N) is 2. The first kappa shape index (κ1) is 23.8. The SMILES string of the molecule is NC(Cc1ccc(Cl)cc1Cl)C(=O)N1Cc2ccc(NC(=O)NC(=O)c3ccccc3)cc2C1. The second-order valence-electron chi connectivity index (χ2n) is 8.00. The smallest absolute Gasteiger partial charge is 0.326 e. The van der Waals surface area contributed by atoms with Crippen LogP contribution in [0.4, 0.5) is 10.5 Å². The number of hydrogen-bond acceptors (Lipinski definition) is 4. The van der Waals surface area contributed by atoms with Gasteiger partial charge in [0, 0.05) is 34.4 Å². The fourth-order valence-electron chi connectivity index (χ4n) is 3.80. The molecule has 4 N–H and O–H groups in total. The summed E-state index contributed by atoms with van der Waals surface area (Å²) in [5.41, 5.74) is 9.71. The molecule has 174 valence electrons. The number of anilines is 1. The molecule has 0 fully saturated rings. The molecule has 1 heterocycles. The number of imide groups is 1. The quantitative estimate of drug-likeness (QED) is 0.487. The fraction of sp³-hybridized carbons (Fsp3) is 0.160. The monoisotopic (exact) mass is 496 g/mol. The van der Waals surface area contributed by atoms with Crippen molar-refractivity contribution in [1.29, 1.82) is 0 Å². The minimum atomic E-state index is -0.750. The molecule has 4 rings (SSSR count). The van der Waals surface area contributed by atoms with Crippen LogP contribution in [0.2, 0.25) is 10.0 Å². The lowest BCUT2D eigenvalue weighted by atomic mass is 10.1. The van der Waals surface area contributed by atoms with Crippen LogP contribution in [-0.4, -0.2) is 28.8 Å². The van der Waals surface area contributed by atoms with E-state index in [0.717, 1.165) is 16.7 Å². The third-order valence-electron chi connectivity index (χ3n) is 5.53. The van der Waals surface area contributed by atoms with Crippen LogP contribution in [0.15, 0.2) is 66.7 Å². The Balaban J connectivity index is 1.35. The highest BCUT2D eigenvalue weighted by Crippen LogP contribution is 2.27. The van der Waals surface area contributed by atoms with E-state index in [1.54, 1.807) is 65.6 Å². The maximum absolute atomic E-state index is 12.9. The highest BCUT2D eigenvalue weighted by Gasteiger charge is 2.28. The van der Waals surface area contributed by atoms with E-state index in [4.69, 9.17) is 28.9 Å². The molecule has 0 radical (unpaired) electrons. The topological polar surface area (TPSA) is 105 Å². The molecule has 0 aromatic heterocycles. The van der Waals surface area contributed by atoms with Gasteiger partial charge in [0.2, 0.25) is 5.91 Å². The van der Waals surface area contributed by atoms with E-state index in [1.807, 2.05) is 6.07 Å². The van der Waals surface area contributed by atoms with Gasteiger partial charge in [-0.25, -0.2) is 4.79 Å². The normalized spacial score (nSPS) is 13.2. The zero-order valence-corrected chi connectivity index (χ0v) is 19.6. The van der Waals surface area contributed by atoms with E-state index >= 15 is 0 Å². The number of fused-ring (bicyclic) bond motifs is 1. The van der Waals surface area contributed by atoms with Crippen molar-refractivity contribution in [3.8, 4) is 0 Å². The number of amides is 4. The molecule has 1 aliphatic rings. The molecule has 4 amide bonds. The maximum Gasteiger partial charge on any atom is 0.326 e. The third kappa shape index (κ3) is 5.56. The molecule has 0 saturated heterocycles. The summed E-state index contributed by atoms with van der Waals surface area (Å²) >= 11 is 12.1. The van der Waals surface area contributed by atoms with Crippen LogP contribution >= 0.6 is 23.2 Å². The maximum atomic E-state index is 12.9. The van der Waals surface area contributed by atoms with Gasteiger partial charge in [0.1, 0.15) is 0 Å². The van der Waals surface area contributed by atoms with Gasteiger partial charge in [-0.2, -0.15) is 0 Å². The van der Waals surface area contributed by atoms with Crippen LogP contribution in [0.5, 0.6) is 0 Å². The second kappa shape index (κ2) is 10.3. The van der Waals surface area contributed by atoms with Crippen molar-refractivity contribution in [2.45, 2.75) is 25.6 Å². The zero-order chi connectivity index (χ0) is 24.2. The van der Waals surface area contributed by atoms with Gasteiger partial charge < -0.3 is 16.0 Å². The van der Waals surface area contributed by atoms with E-state index in [2.05, 4.69) is 10.6 Å². The van der Waals surface area contributed by atoms with Crippen LogP contribution < -0.4 is 16.4 Å². The lowest BCUT2D eigenvalue weighted by Crippen LogP contribution is -2.42. The molecule has 0 spiro atoms. The molecule has 1 aliphatic heterocycles. The van der Waals surface area contributed by atoms with Gasteiger partial charge in [0.25, 0.3) is 5.91 Å². The summed E-state index contributed by atoms with van der Waals surface area (Å²) in [6.07, 6.45) is 0.296. The van der Waals surface area contributed by atoms with Gasteiger partial charge in [-0.3, -0.25) is 14.9 Å². The molecule has 34 heavy (non-hydrogen) atoms. The molecule has 3 aromatic rings. The molecule has 0 bridgehead atoms. The number of carbonyl (C=O) groups is 3. The van der Waals surface area contributed by atoms with Crippen LogP contribution in [-0.2, 0) is 24.3 Å². The predicted molar refractivity (Wildman–Crippen MR) is 132 cm³/mol. The van der Waals surface area contributed by atoms with Gasteiger partial charge in [-0.1, -0.05) is 53.5 Å². The average Bonchev–Trinajstić information content (AvgIpc) is 3.24. The summed E-state index contributed by atoms with van der Waals surface area (Å²) in [4.78, 5) is 39.0. The Morgan fingerprint density at radius 2 is 1.68 bits per heavy atom. The van der Waals surface area contributed by atoms with E-state index in [9.17, 15) is 14.4 Å². The van der Waals surface area contributed by atoms with Crippen LogP contribution in [0.1, 0.15) is 27.0 Å². The average molecular weight is 497 g/mol. The number of urea groups is 1. The zero-order valence-electron chi connectivity index (χ0n) is 18.1. The fourth-order valence-corrected chi connectivity index (χ4v) is 4.29. The van der Waals surface area contributed by atoms with Crippen LogP contribution in [0, 0.1) is 0 Å². The van der Waals surface area contributed by atoms with Gasteiger partial charge in [0.15, 0.2) is 0 Å². The highest BCUT2D eigenvalue weighted by atomic mass is 35.5. The number of halogens is 2. The van der Waals surface area contributed by atoms with Crippen molar-refractivity contribution < 1.29 is 14.4 Å². The van der Waals surface area contributed by atoms with Gasteiger partial charge in [-0.15, -0.1) is 0 Å². The van der Waals surface area contributed by atoms with Crippen molar-refractivity contribution in [2.75, 3.05) is 5.32 Å². The van der Waals surface area contributed by atoms with Crippen molar-refractivity contribution in [1.82, 2.24) is 10.2 Å². The Morgan fingerprint density at radius 3 is 2.41 bits per heavy atom. The number of nitrogens with two attached hydrogens (primary N) is 1. The molecular formula is C25H22Cl2N4O3. The van der Waals surface area contributed by atoms with E-state index in [0.29, 0.717) is 40.8 Å². The standard InChI is InChI=1S/C25H22Cl2N4O3/c26-19-8-6-16(21(27)12-19)11-22(28)24(33)31-13-17-7-9-20(10-18(17)14-31)29-25(34)30-23(32)15-4-2-1-3-5-15/h1-10,12,22H,11,13-14,28H2,(H2,29,30,32,34). The number of benzene rings is 3. The Bertz CT molecular complexity index is 1250. The second-order valence-corrected chi connectivity index (χ2v) is 8.84. The Hall–Kier alpha value is -3.39. The molecular weight excluding hydrogens is 475 g/mol. The van der Waals surface area contributed by atoms with Gasteiger partial charge in [0.05, 0.1) is 6.04 Å². The number of rotatable bonds is 5. The number of nitrogens with zero attached hydrogens (tertiary/aromatic N) is 1. The highest BCUT2D eigenvalue weighted by molar-refractivity contribution is 6.35. The molecule has 1 unspecified atom stereocenters. The summed E-state index contributed by atoms with van der Waals surface area (Å²) < 4.78 is 0. The molecule has 0 aliphatic carbocycles. The Labute approximate surface area is 206 Å². The van der Waals surface area contributed by atoms with Crippen molar-refractivity contribution >= 4 is 46.7 Å². The third-order valence-corrected chi connectivity index (χ3v) is 6.12. The van der Waals surface area contributed by atoms with E-state index in [-0.39, 0.29) is 5.91 Å². The Kier molecular flexibility index (Phi) is 7.17. The van der Waals surface area contributed by atoms with E-state index in [1.165, 1.54) is 0 Å². The summed E-state index contributed by atoms with van der Waals surface area (Å²) in [6.45, 7) is 0.797. The van der Waals surface area contributed by atoms with Crippen LogP contribution in [0.3, 0.4) is 0 Å². The molecule has 7 nitrogen and oxygen atoms in total.